The van der Waals surface area contributed by atoms with Gasteiger partial charge in [-0.15, -0.1) is 11.3 Å². The number of rotatable bonds is 5. The smallest absolute Gasteiger partial charge is 0.312 e. The summed E-state index contributed by atoms with van der Waals surface area (Å²) in [6.45, 7) is 4.41. The van der Waals surface area contributed by atoms with Crippen LogP contribution >= 0.6 is 23.1 Å². The molecule has 2 rings (SSSR count). The van der Waals surface area contributed by atoms with E-state index in [4.69, 9.17) is 5.11 Å². The molecule has 1 aromatic rings. The molecule has 1 heterocycles. The molecule has 0 aliphatic heterocycles. The fourth-order valence-corrected chi connectivity index (χ4v) is 4.22. The van der Waals surface area contributed by atoms with Crippen LogP contribution in [0.25, 0.3) is 0 Å². The fraction of sp³-hybridized carbons (Fsp3) is 0.667. The van der Waals surface area contributed by atoms with Crippen molar-refractivity contribution in [2.75, 3.05) is 5.75 Å². The van der Waals surface area contributed by atoms with Crippen molar-refractivity contribution in [2.24, 2.45) is 5.92 Å². The Balaban J connectivity index is 1.99. The molecule has 5 heteroatoms. The molecule has 0 fully saturated rings. The Labute approximate surface area is 110 Å². The van der Waals surface area contributed by atoms with Crippen LogP contribution in [-0.2, 0) is 17.0 Å². The molecule has 0 bridgehead atoms. The van der Waals surface area contributed by atoms with Gasteiger partial charge in [-0.25, -0.2) is 4.98 Å². The van der Waals surface area contributed by atoms with Crippen LogP contribution in [-0.4, -0.2) is 21.8 Å². The number of carboxylic acid groups (broad SMARTS) is 1. The molecule has 0 radical (unpaired) electrons. The maximum Gasteiger partial charge on any atom is 0.312 e. The summed E-state index contributed by atoms with van der Waals surface area (Å²) in [7, 11) is 0. The van der Waals surface area contributed by atoms with Crippen LogP contribution in [0, 0.1) is 5.92 Å². The van der Waals surface area contributed by atoms with E-state index in [0.717, 1.165) is 35.0 Å². The topological polar surface area (TPSA) is 50.2 Å². The molecule has 1 aromatic heterocycles. The summed E-state index contributed by atoms with van der Waals surface area (Å²) in [5.74, 6) is 1.66. The monoisotopic (exact) mass is 271 g/mol. The van der Waals surface area contributed by atoms with Gasteiger partial charge in [0, 0.05) is 10.6 Å². The standard InChI is InChI=1S/C12H17NO2S2/c1-7(2)5-16-6-10-13-11-8(12(14)15)3-4-9(11)17-10/h7-8H,3-6H2,1-2H3,(H,14,15). The van der Waals surface area contributed by atoms with Crippen molar-refractivity contribution in [2.45, 2.75) is 38.4 Å². The Kier molecular flexibility index (Phi) is 4.09. The third-order valence-electron chi connectivity index (χ3n) is 2.74. The lowest BCUT2D eigenvalue weighted by atomic mass is 10.1. The van der Waals surface area contributed by atoms with Gasteiger partial charge in [0.25, 0.3) is 0 Å². The lowest BCUT2D eigenvalue weighted by Gasteiger charge is -2.03. The molecule has 94 valence electrons. The molecular formula is C12H17NO2S2. The van der Waals surface area contributed by atoms with Crippen LogP contribution in [0.2, 0.25) is 0 Å². The normalized spacial score (nSPS) is 18.6. The van der Waals surface area contributed by atoms with E-state index in [-0.39, 0.29) is 5.92 Å². The largest absolute Gasteiger partial charge is 0.481 e. The number of hydrogen-bond donors (Lipinski definition) is 1. The van der Waals surface area contributed by atoms with Crippen LogP contribution in [0.3, 0.4) is 0 Å². The van der Waals surface area contributed by atoms with Crippen molar-refractivity contribution in [1.29, 1.82) is 0 Å². The molecule has 0 saturated heterocycles. The molecule has 0 amide bonds. The van der Waals surface area contributed by atoms with Crippen LogP contribution < -0.4 is 0 Å². The van der Waals surface area contributed by atoms with Crippen molar-refractivity contribution in [1.82, 2.24) is 4.98 Å². The van der Waals surface area contributed by atoms with Gasteiger partial charge in [-0.2, -0.15) is 11.8 Å². The number of hydrogen-bond acceptors (Lipinski definition) is 4. The summed E-state index contributed by atoms with van der Waals surface area (Å²) >= 11 is 3.58. The summed E-state index contributed by atoms with van der Waals surface area (Å²) in [6, 6.07) is 0. The zero-order valence-electron chi connectivity index (χ0n) is 10.1. The van der Waals surface area contributed by atoms with Gasteiger partial charge < -0.3 is 5.11 Å². The number of carbonyl (C=O) groups is 1. The lowest BCUT2D eigenvalue weighted by molar-refractivity contribution is -0.138. The SMILES string of the molecule is CC(C)CSCc1nc2c(s1)CCC2C(=O)O. The van der Waals surface area contributed by atoms with Crippen LogP contribution in [0.4, 0.5) is 0 Å². The predicted octanol–water partition coefficient (Wildman–Crippen LogP) is 3.15. The lowest BCUT2D eigenvalue weighted by Crippen LogP contribution is -2.08. The number of nitrogens with zero attached hydrogens (tertiary/aromatic N) is 1. The first kappa shape index (κ1) is 12.9. The van der Waals surface area contributed by atoms with Gasteiger partial charge in [-0.3, -0.25) is 4.79 Å². The van der Waals surface area contributed by atoms with Gasteiger partial charge >= 0.3 is 5.97 Å². The van der Waals surface area contributed by atoms with Crippen LogP contribution in [0.5, 0.6) is 0 Å². The van der Waals surface area contributed by atoms with Crippen molar-refractivity contribution in [3.8, 4) is 0 Å². The van der Waals surface area contributed by atoms with Crippen molar-refractivity contribution < 1.29 is 9.90 Å². The van der Waals surface area contributed by atoms with E-state index in [1.54, 1.807) is 11.3 Å². The van der Waals surface area contributed by atoms with Crippen molar-refractivity contribution in [3.05, 3.63) is 15.6 Å². The summed E-state index contributed by atoms with van der Waals surface area (Å²) in [4.78, 5) is 16.7. The molecule has 1 aliphatic carbocycles. The van der Waals surface area contributed by atoms with E-state index in [0.29, 0.717) is 5.92 Å². The van der Waals surface area contributed by atoms with Gasteiger partial charge in [0.15, 0.2) is 0 Å². The summed E-state index contributed by atoms with van der Waals surface area (Å²) < 4.78 is 0. The van der Waals surface area contributed by atoms with Gasteiger partial charge in [-0.1, -0.05) is 13.8 Å². The fourth-order valence-electron chi connectivity index (χ4n) is 1.96. The van der Waals surface area contributed by atoms with Crippen LogP contribution in [0.15, 0.2) is 0 Å². The molecule has 17 heavy (non-hydrogen) atoms. The number of aromatic nitrogens is 1. The molecular weight excluding hydrogens is 254 g/mol. The van der Waals surface area contributed by atoms with E-state index >= 15 is 0 Å². The van der Waals surface area contributed by atoms with Crippen LogP contribution in [0.1, 0.15) is 41.8 Å². The van der Waals surface area contributed by atoms with Gasteiger partial charge in [0.05, 0.1) is 5.69 Å². The minimum atomic E-state index is -0.726. The first-order chi connectivity index (χ1) is 8.08. The molecule has 1 N–H and O–H groups in total. The first-order valence-electron chi connectivity index (χ1n) is 5.87. The highest BCUT2D eigenvalue weighted by atomic mass is 32.2. The molecule has 3 nitrogen and oxygen atoms in total. The number of thioether (sulfide) groups is 1. The number of aliphatic carboxylic acids is 1. The Bertz CT molecular complexity index is 415. The average molecular weight is 271 g/mol. The minimum absolute atomic E-state index is 0.356. The van der Waals surface area contributed by atoms with E-state index in [1.165, 1.54) is 4.88 Å². The summed E-state index contributed by atoms with van der Waals surface area (Å²) in [6.07, 6.45) is 1.61. The highest BCUT2D eigenvalue weighted by Gasteiger charge is 2.32. The zero-order chi connectivity index (χ0) is 12.4. The van der Waals surface area contributed by atoms with E-state index in [1.807, 2.05) is 11.8 Å². The van der Waals surface area contributed by atoms with E-state index in [9.17, 15) is 4.79 Å². The van der Waals surface area contributed by atoms with E-state index in [2.05, 4.69) is 18.8 Å². The van der Waals surface area contributed by atoms with Gasteiger partial charge in [0.1, 0.15) is 10.9 Å². The number of thiazole rings is 1. The quantitative estimate of drug-likeness (QED) is 0.894. The van der Waals surface area contributed by atoms with Crippen molar-refractivity contribution in [3.63, 3.8) is 0 Å². The molecule has 1 unspecified atom stereocenters. The maximum absolute atomic E-state index is 11.0. The number of aryl methyl sites for hydroxylation is 1. The zero-order valence-corrected chi connectivity index (χ0v) is 11.7. The third kappa shape index (κ3) is 3.01. The first-order valence-corrected chi connectivity index (χ1v) is 7.84. The Morgan fingerprint density at radius 2 is 2.41 bits per heavy atom. The van der Waals surface area contributed by atoms with Gasteiger partial charge in [0.2, 0.25) is 0 Å². The van der Waals surface area contributed by atoms with Crippen molar-refractivity contribution >= 4 is 29.1 Å². The minimum Gasteiger partial charge on any atom is -0.481 e. The molecule has 1 aliphatic rings. The average Bonchev–Trinajstić information content (AvgIpc) is 2.75. The van der Waals surface area contributed by atoms with Gasteiger partial charge in [-0.05, 0) is 24.5 Å². The highest BCUT2D eigenvalue weighted by molar-refractivity contribution is 7.98. The van der Waals surface area contributed by atoms with E-state index < -0.39 is 5.97 Å². The third-order valence-corrected chi connectivity index (χ3v) is 5.43. The number of carboxylic acids is 1. The second kappa shape index (κ2) is 5.40. The maximum atomic E-state index is 11.0. The predicted molar refractivity (Wildman–Crippen MR) is 71.8 cm³/mol. The molecule has 0 aromatic carbocycles. The molecule has 0 spiro atoms. The highest BCUT2D eigenvalue weighted by Crippen LogP contribution is 2.37. The Hall–Kier alpha value is -0.550. The number of fused-ring (bicyclic) bond motifs is 1. The summed E-state index contributed by atoms with van der Waals surface area (Å²) in [5.41, 5.74) is 0.836. The summed E-state index contributed by atoms with van der Waals surface area (Å²) in [5, 5.41) is 10.2. The Morgan fingerprint density at radius 3 is 3.06 bits per heavy atom. The second-order valence-corrected chi connectivity index (χ2v) is 6.95. The second-order valence-electron chi connectivity index (χ2n) is 4.75. The molecule has 0 saturated carbocycles. The Morgan fingerprint density at radius 1 is 1.65 bits per heavy atom. The molecule has 1 atom stereocenters.